The van der Waals surface area contributed by atoms with E-state index in [1.165, 1.54) is 14.2 Å². The van der Waals surface area contributed by atoms with Crippen LogP contribution in [0.2, 0.25) is 0 Å². The molecule has 0 aliphatic carbocycles. The molecule has 0 spiro atoms. The summed E-state index contributed by atoms with van der Waals surface area (Å²) in [5, 5.41) is 23.0. The highest BCUT2D eigenvalue weighted by molar-refractivity contribution is 5.87. The molecule has 0 fully saturated rings. The van der Waals surface area contributed by atoms with Gasteiger partial charge >= 0.3 is 11.3 Å². The Morgan fingerprint density at radius 1 is 0.686 bits per heavy atom. The second-order valence-electron chi connectivity index (χ2n) is 7.81. The molecule has 3 aromatic carbocycles. The molecule has 0 aliphatic heterocycles. The molecule has 0 aliphatic rings. The molecule has 2 aromatic heterocycles. The molecule has 2 N–H and O–H groups in total. The number of rotatable bonds is 5. The van der Waals surface area contributed by atoms with Crippen molar-refractivity contribution < 1.29 is 28.5 Å². The van der Waals surface area contributed by atoms with Crippen LogP contribution in [0.3, 0.4) is 0 Å². The van der Waals surface area contributed by atoms with E-state index in [0.717, 1.165) is 0 Å². The first kappa shape index (κ1) is 22.1. The topological polar surface area (TPSA) is 119 Å². The van der Waals surface area contributed by atoms with Crippen LogP contribution < -0.4 is 20.7 Å². The first-order chi connectivity index (χ1) is 17.0. The Bertz CT molecular complexity index is 1600. The summed E-state index contributed by atoms with van der Waals surface area (Å²) in [6, 6.07) is 17.8. The molecule has 0 bridgehead atoms. The molecule has 176 valence electrons. The number of hydrogen-bond acceptors (Lipinski definition) is 8. The fourth-order valence-electron chi connectivity index (χ4n) is 4.40. The summed E-state index contributed by atoms with van der Waals surface area (Å²) in [4.78, 5) is 26.5. The Morgan fingerprint density at radius 3 is 1.69 bits per heavy atom. The van der Waals surface area contributed by atoms with Crippen molar-refractivity contribution in [2.24, 2.45) is 0 Å². The molecular formula is C27H20O8. The van der Waals surface area contributed by atoms with Crippen LogP contribution in [0.4, 0.5) is 0 Å². The number of aromatic hydroxyl groups is 2. The van der Waals surface area contributed by atoms with E-state index in [-0.39, 0.29) is 44.4 Å². The normalized spacial score (nSPS) is 11.3. The van der Waals surface area contributed by atoms with Crippen molar-refractivity contribution >= 4 is 21.9 Å². The zero-order chi connectivity index (χ0) is 24.7. The molecule has 8 nitrogen and oxygen atoms in total. The Balaban J connectivity index is 1.95. The van der Waals surface area contributed by atoms with E-state index in [9.17, 15) is 19.8 Å². The fourth-order valence-corrected chi connectivity index (χ4v) is 4.40. The van der Waals surface area contributed by atoms with Crippen LogP contribution in [0, 0.1) is 0 Å². The molecule has 0 saturated heterocycles. The number of para-hydroxylation sites is 3. The quantitative estimate of drug-likeness (QED) is 0.359. The lowest BCUT2D eigenvalue weighted by Crippen LogP contribution is -2.22. The maximum absolute atomic E-state index is 13.3. The van der Waals surface area contributed by atoms with Crippen molar-refractivity contribution in [3.05, 3.63) is 104 Å². The Labute approximate surface area is 198 Å². The molecular weight excluding hydrogens is 452 g/mol. The van der Waals surface area contributed by atoms with Crippen molar-refractivity contribution in [1.29, 1.82) is 0 Å². The lowest BCUT2D eigenvalue weighted by molar-refractivity contribution is 0.350. The largest absolute Gasteiger partial charge is 0.507 e. The zero-order valence-corrected chi connectivity index (χ0v) is 18.8. The minimum absolute atomic E-state index is 0.171. The summed E-state index contributed by atoms with van der Waals surface area (Å²) in [6.45, 7) is 0. The van der Waals surface area contributed by atoms with Crippen LogP contribution in [-0.4, -0.2) is 24.4 Å². The van der Waals surface area contributed by atoms with Gasteiger partial charge in [0.15, 0.2) is 11.5 Å². The highest BCUT2D eigenvalue weighted by atomic mass is 16.5. The van der Waals surface area contributed by atoms with Gasteiger partial charge in [-0.1, -0.05) is 36.4 Å². The first-order valence-corrected chi connectivity index (χ1v) is 10.7. The van der Waals surface area contributed by atoms with Crippen molar-refractivity contribution in [2.75, 3.05) is 14.2 Å². The van der Waals surface area contributed by atoms with Gasteiger partial charge in [0, 0.05) is 5.56 Å². The van der Waals surface area contributed by atoms with E-state index in [0.29, 0.717) is 5.75 Å². The SMILES string of the molecule is COc1cccc(C(c2c(O)c3ccccc3oc2=O)c2c(O)c3ccccc3oc2=O)c1OC. The van der Waals surface area contributed by atoms with Crippen LogP contribution in [-0.2, 0) is 0 Å². The molecule has 0 atom stereocenters. The predicted molar refractivity (Wildman–Crippen MR) is 129 cm³/mol. The summed E-state index contributed by atoms with van der Waals surface area (Å²) in [5.74, 6) is -1.57. The number of methoxy groups -OCH3 is 2. The van der Waals surface area contributed by atoms with Crippen LogP contribution in [0.25, 0.3) is 21.9 Å². The molecule has 0 radical (unpaired) electrons. The Kier molecular flexibility index (Phi) is 5.41. The van der Waals surface area contributed by atoms with Crippen molar-refractivity contribution in [2.45, 2.75) is 5.92 Å². The van der Waals surface area contributed by atoms with Gasteiger partial charge in [0.25, 0.3) is 0 Å². The minimum atomic E-state index is -1.32. The third kappa shape index (κ3) is 3.47. The van der Waals surface area contributed by atoms with Gasteiger partial charge < -0.3 is 28.5 Å². The standard InChI is InChI=1S/C27H20O8/c1-32-19-13-7-10-16(25(19)33-2)20(21-23(28)14-8-3-5-11-17(14)34-26(21)30)22-24(29)15-9-4-6-12-18(15)35-27(22)31/h3-13,20,28-29H,1-2H3. The van der Waals surface area contributed by atoms with Crippen molar-refractivity contribution in [1.82, 2.24) is 0 Å². The van der Waals surface area contributed by atoms with Crippen LogP contribution >= 0.6 is 0 Å². The van der Waals surface area contributed by atoms with E-state index < -0.39 is 28.7 Å². The summed E-state index contributed by atoms with van der Waals surface area (Å²) in [7, 11) is 2.85. The number of fused-ring (bicyclic) bond motifs is 2. The van der Waals surface area contributed by atoms with Crippen LogP contribution in [0.15, 0.2) is 85.2 Å². The minimum Gasteiger partial charge on any atom is -0.507 e. The van der Waals surface area contributed by atoms with Gasteiger partial charge in [-0.05, 0) is 30.3 Å². The highest BCUT2D eigenvalue weighted by Crippen LogP contribution is 2.46. The van der Waals surface area contributed by atoms with Crippen LogP contribution in [0.5, 0.6) is 23.0 Å². The van der Waals surface area contributed by atoms with E-state index in [4.69, 9.17) is 18.3 Å². The van der Waals surface area contributed by atoms with E-state index in [2.05, 4.69) is 0 Å². The molecule has 0 unspecified atom stereocenters. The average Bonchev–Trinajstić information content (AvgIpc) is 2.87. The molecule has 8 heteroatoms. The van der Waals surface area contributed by atoms with E-state index in [1.807, 2.05) is 0 Å². The number of hydrogen-bond donors (Lipinski definition) is 2. The molecule has 2 heterocycles. The van der Waals surface area contributed by atoms with Gasteiger partial charge in [0.1, 0.15) is 22.7 Å². The van der Waals surface area contributed by atoms with Gasteiger partial charge in [-0.25, -0.2) is 9.59 Å². The van der Waals surface area contributed by atoms with Gasteiger partial charge in [-0.3, -0.25) is 0 Å². The van der Waals surface area contributed by atoms with E-state index in [1.54, 1.807) is 66.7 Å². The van der Waals surface area contributed by atoms with Gasteiger partial charge in [0.05, 0.1) is 42.0 Å². The molecule has 5 rings (SSSR count). The smallest absolute Gasteiger partial charge is 0.344 e. The molecule has 5 aromatic rings. The molecule has 0 amide bonds. The van der Waals surface area contributed by atoms with Gasteiger partial charge in [-0.15, -0.1) is 0 Å². The highest BCUT2D eigenvalue weighted by Gasteiger charge is 2.35. The summed E-state index contributed by atoms with van der Waals surface area (Å²) in [5.41, 5.74) is -1.66. The predicted octanol–water partition coefficient (Wildman–Crippen LogP) is 4.51. The zero-order valence-electron chi connectivity index (χ0n) is 18.8. The average molecular weight is 472 g/mol. The summed E-state index contributed by atoms with van der Waals surface area (Å²) >= 11 is 0. The second kappa shape index (κ2) is 8.57. The first-order valence-electron chi connectivity index (χ1n) is 10.7. The van der Waals surface area contributed by atoms with Crippen molar-refractivity contribution in [3.63, 3.8) is 0 Å². The lowest BCUT2D eigenvalue weighted by Gasteiger charge is -2.22. The maximum atomic E-state index is 13.3. The second-order valence-corrected chi connectivity index (χ2v) is 7.81. The van der Waals surface area contributed by atoms with Crippen molar-refractivity contribution in [3.8, 4) is 23.0 Å². The Hall–Kier alpha value is -4.72. The van der Waals surface area contributed by atoms with Gasteiger partial charge in [0.2, 0.25) is 0 Å². The van der Waals surface area contributed by atoms with E-state index >= 15 is 0 Å². The lowest BCUT2D eigenvalue weighted by atomic mass is 9.84. The molecule has 35 heavy (non-hydrogen) atoms. The van der Waals surface area contributed by atoms with Gasteiger partial charge in [-0.2, -0.15) is 0 Å². The fraction of sp³-hybridized carbons (Fsp3) is 0.111. The summed E-state index contributed by atoms with van der Waals surface area (Å²) < 4.78 is 22.0. The molecule has 0 saturated carbocycles. The Morgan fingerprint density at radius 2 is 1.20 bits per heavy atom. The monoisotopic (exact) mass is 472 g/mol. The number of ether oxygens (including phenoxy) is 2. The number of benzene rings is 3. The third-order valence-corrected chi connectivity index (χ3v) is 5.96. The maximum Gasteiger partial charge on any atom is 0.344 e. The third-order valence-electron chi connectivity index (χ3n) is 5.96. The summed E-state index contributed by atoms with van der Waals surface area (Å²) in [6.07, 6.45) is 0. The van der Waals surface area contributed by atoms with Crippen LogP contribution in [0.1, 0.15) is 22.6 Å².